The van der Waals surface area contributed by atoms with Crippen molar-refractivity contribution in [3.8, 4) is 17.5 Å². The maximum Gasteiger partial charge on any atom is 0.335 e. The largest absolute Gasteiger partial charge is 0.478 e. The molecule has 0 bridgehead atoms. The number of carbonyl (C=O) groups is 1. The second-order valence-corrected chi connectivity index (χ2v) is 3.28. The predicted octanol–water partition coefficient (Wildman–Crippen LogP) is 1.71. The van der Waals surface area contributed by atoms with Gasteiger partial charge in [0.25, 0.3) is 0 Å². The smallest absolute Gasteiger partial charge is 0.335 e. The molecule has 5 heteroatoms. The lowest BCUT2D eigenvalue weighted by molar-refractivity contribution is 0.0697. The van der Waals surface area contributed by atoms with Crippen LogP contribution in [0.4, 0.5) is 0 Å². The van der Waals surface area contributed by atoms with Crippen molar-refractivity contribution in [1.29, 1.82) is 5.26 Å². The van der Waals surface area contributed by atoms with Crippen LogP contribution in [0.5, 0.6) is 0 Å². The van der Waals surface area contributed by atoms with Gasteiger partial charge < -0.3 is 5.11 Å². The van der Waals surface area contributed by atoms with Crippen LogP contribution in [0, 0.1) is 11.3 Å². The number of carboxylic acids is 1. The Hall–Kier alpha value is -2.74. The second kappa shape index (κ2) is 4.41. The third kappa shape index (κ3) is 2.26. The molecular weight excluding hydrogens is 218 g/mol. The summed E-state index contributed by atoms with van der Waals surface area (Å²) in [4.78, 5) is 18.9. The van der Waals surface area contributed by atoms with Crippen LogP contribution in [0.25, 0.3) is 11.4 Å². The first-order chi connectivity index (χ1) is 8.20. The van der Waals surface area contributed by atoms with E-state index < -0.39 is 5.97 Å². The van der Waals surface area contributed by atoms with Crippen molar-refractivity contribution in [2.75, 3.05) is 0 Å². The number of hydrogen-bond donors (Lipinski definition) is 1. The van der Waals surface area contributed by atoms with Gasteiger partial charge in [-0.1, -0.05) is 0 Å². The van der Waals surface area contributed by atoms with Gasteiger partial charge in [0.05, 0.1) is 28.6 Å². The first-order valence-corrected chi connectivity index (χ1v) is 4.76. The molecule has 0 radical (unpaired) electrons. The van der Waals surface area contributed by atoms with E-state index in [0.29, 0.717) is 17.0 Å². The molecule has 0 fully saturated rings. The van der Waals surface area contributed by atoms with E-state index in [4.69, 9.17) is 10.4 Å². The average Bonchev–Trinajstić information content (AvgIpc) is 2.39. The van der Waals surface area contributed by atoms with Crippen LogP contribution in [0.15, 0.2) is 36.7 Å². The highest BCUT2D eigenvalue weighted by Gasteiger charge is 2.07. The minimum absolute atomic E-state index is 0.138. The fraction of sp³-hybridized carbons (Fsp3) is 0. The molecule has 2 rings (SSSR count). The number of aromatic carboxylic acids is 1. The Morgan fingerprint density at radius 2 is 1.82 bits per heavy atom. The molecule has 0 aromatic carbocycles. The quantitative estimate of drug-likeness (QED) is 0.840. The molecule has 2 heterocycles. The minimum Gasteiger partial charge on any atom is -0.478 e. The van der Waals surface area contributed by atoms with Gasteiger partial charge in [0.15, 0.2) is 0 Å². The highest BCUT2D eigenvalue weighted by molar-refractivity contribution is 5.88. The molecule has 2 aromatic heterocycles. The van der Waals surface area contributed by atoms with Crippen molar-refractivity contribution in [3.05, 3.63) is 47.8 Å². The highest BCUT2D eigenvalue weighted by Crippen LogP contribution is 2.16. The van der Waals surface area contributed by atoms with E-state index in [-0.39, 0.29) is 5.56 Å². The predicted molar refractivity (Wildman–Crippen MR) is 59.1 cm³/mol. The molecule has 0 saturated heterocycles. The van der Waals surface area contributed by atoms with Crippen molar-refractivity contribution in [1.82, 2.24) is 9.97 Å². The molecule has 0 atom stereocenters. The number of aromatic nitrogens is 2. The van der Waals surface area contributed by atoms with Gasteiger partial charge in [0.1, 0.15) is 0 Å². The van der Waals surface area contributed by atoms with E-state index in [1.807, 2.05) is 6.07 Å². The lowest BCUT2D eigenvalue weighted by Crippen LogP contribution is -1.98. The molecule has 17 heavy (non-hydrogen) atoms. The van der Waals surface area contributed by atoms with Crippen LogP contribution >= 0.6 is 0 Å². The molecule has 1 N–H and O–H groups in total. The van der Waals surface area contributed by atoms with E-state index in [2.05, 4.69) is 9.97 Å². The van der Waals surface area contributed by atoms with Gasteiger partial charge in [0.2, 0.25) is 0 Å². The van der Waals surface area contributed by atoms with Crippen molar-refractivity contribution in [2.24, 2.45) is 0 Å². The highest BCUT2D eigenvalue weighted by atomic mass is 16.4. The Labute approximate surface area is 97.0 Å². The SMILES string of the molecule is N#Cc1ccnc(-c2cc(C(=O)O)ccn2)c1. The zero-order valence-electron chi connectivity index (χ0n) is 8.66. The van der Waals surface area contributed by atoms with Gasteiger partial charge in [0, 0.05) is 12.4 Å². The van der Waals surface area contributed by atoms with Crippen LogP contribution < -0.4 is 0 Å². The Bertz CT molecular complexity index is 617. The van der Waals surface area contributed by atoms with E-state index in [1.165, 1.54) is 24.5 Å². The minimum atomic E-state index is -1.02. The van der Waals surface area contributed by atoms with Crippen molar-refractivity contribution in [2.45, 2.75) is 0 Å². The van der Waals surface area contributed by atoms with E-state index >= 15 is 0 Å². The van der Waals surface area contributed by atoms with Gasteiger partial charge in [-0.2, -0.15) is 5.26 Å². The Morgan fingerprint density at radius 3 is 2.47 bits per heavy atom. The third-order valence-corrected chi connectivity index (χ3v) is 2.16. The molecular formula is C12H7N3O2. The average molecular weight is 225 g/mol. The molecule has 0 amide bonds. The fourth-order valence-electron chi connectivity index (χ4n) is 1.34. The van der Waals surface area contributed by atoms with Crippen LogP contribution in [0.1, 0.15) is 15.9 Å². The van der Waals surface area contributed by atoms with Crippen molar-refractivity contribution in [3.63, 3.8) is 0 Å². The van der Waals surface area contributed by atoms with Gasteiger partial charge in [-0.3, -0.25) is 9.97 Å². The summed E-state index contributed by atoms with van der Waals surface area (Å²) < 4.78 is 0. The van der Waals surface area contributed by atoms with Gasteiger partial charge in [-0.05, 0) is 24.3 Å². The maximum atomic E-state index is 10.8. The van der Waals surface area contributed by atoms with Gasteiger partial charge in [-0.25, -0.2) is 4.79 Å². The molecule has 0 spiro atoms. The van der Waals surface area contributed by atoms with Crippen LogP contribution in [-0.4, -0.2) is 21.0 Å². The monoisotopic (exact) mass is 225 g/mol. The summed E-state index contributed by atoms with van der Waals surface area (Å²) in [5.74, 6) is -1.02. The molecule has 0 unspecified atom stereocenters. The lowest BCUT2D eigenvalue weighted by Gasteiger charge is -2.01. The Kier molecular flexibility index (Phi) is 2.79. The lowest BCUT2D eigenvalue weighted by atomic mass is 10.1. The Morgan fingerprint density at radius 1 is 1.18 bits per heavy atom. The number of pyridine rings is 2. The number of carboxylic acid groups (broad SMARTS) is 1. The summed E-state index contributed by atoms with van der Waals surface area (Å²) >= 11 is 0. The number of nitrogens with zero attached hydrogens (tertiary/aromatic N) is 3. The summed E-state index contributed by atoms with van der Waals surface area (Å²) in [5.41, 5.74) is 1.51. The van der Waals surface area contributed by atoms with E-state index in [0.717, 1.165) is 0 Å². The zero-order valence-corrected chi connectivity index (χ0v) is 8.66. The van der Waals surface area contributed by atoms with Crippen molar-refractivity contribution >= 4 is 5.97 Å². The van der Waals surface area contributed by atoms with Crippen LogP contribution in [0.3, 0.4) is 0 Å². The summed E-state index contributed by atoms with van der Waals surface area (Å²) in [5, 5.41) is 17.6. The van der Waals surface area contributed by atoms with Gasteiger partial charge in [-0.15, -0.1) is 0 Å². The fourth-order valence-corrected chi connectivity index (χ4v) is 1.34. The topological polar surface area (TPSA) is 86.9 Å². The number of rotatable bonds is 2. The van der Waals surface area contributed by atoms with Gasteiger partial charge >= 0.3 is 5.97 Å². The van der Waals surface area contributed by atoms with Crippen molar-refractivity contribution < 1.29 is 9.90 Å². The van der Waals surface area contributed by atoms with Crippen LogP contribution in [-0.2, 0) is 0 Å². The first-order valence-electron chi connectivity index (χ1n) is 4.76. The maximum absolute atomic E-state index is 10.8. The summed E-state index contributed by atoms with van der Waals surface area (Å²) in [6, 6.07) is 7.95. The number of hydrogen-bond acceptors (Lipinski definition) is 4. The normalized spacial score (nSPS) is 9.59. The molecule has 0 aliphatic rings. The summed E-state index contributed by atoms with van der Waals surface area (Å²) in [6.45, 7) is 0. The number of nitriles is 1. The summed E-state index contributed by atoms with van der Waals surface area (Å²) in [6.07, 6.45) is 2.89. The first kappa shape index (κ1) is 10.8. The molecule has 2 aromatic rings. The molecule has 82 valence electrons. The molecule has 5 nitrogen and oxygen atoms in total. The second-order valence-electron chi connectivity index (χ2n) is 3.28. The van der Waals surface area contributed by atoms with E-state index in [1.54, 1.807) is 12.1 Å². The molecule has 0 saturated carbocycles. The van der Waals surface area contributed by atoms with Crippen LogP contribution in [0.2, 0.25) is 0 Å². The standard InChI is InChI=1S/C12H7N3O2/c13-7-8-1-3-14-10(5-8)11-6-9(12(16)17)2-4-15-11/h1-6H,(H,16,17). The van der Waals surface area contributed by atoms with E-state index in [9.17, 15) is 4.79 Å². The zero-order chi connectivity index (χ0) is 12.3. The third-order valence-electron chi connectivity index (χ3n) is 2.16. The molecule has 0 aliphatic heterocycles. The summed E-state index contributed by atoms with van der Waals surface area (Å²) in [7, 11) is 0. The Balaban J connectivity index is 2.49. The molecule has 0 aliphatic carbocycles.